The van der Waals surface area contributed by atoms with Gasteiger partial charge >= 0.3 is 0 Å². The molecule has 1 fully saturated rings. The molecule has 1 aliphatic carbocycles. The highest BCUT2D eigenvalue weighted by atomic mass is 31.2. The molecular weight excluding hydrogens is 719 g/mol. The monoisotopic (exact) mass is 803 g/mol. The second kappa shape index (κ2) is 30.9. The molecule has 0 heterocycles. The molecule has 0 spiro atoms. The van der Waals surface area contributed by atoms with Crippen LogP contribution < -0.4 is 10.2 Å². The number of quaternary nitrogens is 1. The van der Waals surface area contributed by atoms with Gasteiger partial charge in [-0.15, -0.1) is 0 Å². The second-order valence-corrected chi connectivity index (χ2v) is 18.4. The average Bonchev–Trinajstić information content (AvgIpc) is 3.39. The van der Waals surface area contributed by atoms with Gasteiger partial charge in [-0.3, -0.25) is 9.36 Å². The van der Waals surface area contributed by atoms with Gasteiger partial charge in [0.05, 0.1) is 58.2 Å². The van der Waals surface area contributed by atoms with E-state index in [4.69, 9.17) is 9.05 Å². The van der Waals surface area contributed by atoms with Gasteiger partial charge in [0, 0.05) is 18.8 Å². The Bertz CT molecular complexity index is 1070. The van der Waals surface area contributed by atoms with Crippen molar-refractivity contribution >= 4 is 13.7 Å². The molecule has 0 saturated heterocycles. The number of aliphatic hydroxyl groups is 4. The fraction of sp³-hybridized carbons (Fsp3) is 0.884. The molecule has 1 unspecified atom stereocenters. The Morgan fingerprint density at radius 1 is 0.818 bits per heavy atom. The second-order valence-electron chi connectivity index (χ2n) is 17.0. The van der Waals surface area contributed by atoms with E-state index in [-0.39, 0.29) is 30.8 Å². The van der Waals surface area contributed by atoms with Crippen LogP contribution in [-0.2, 0) is 18.4 Å². The molecule has 8 atom stereocenters. The zero-order chi connectivity index (χ0) is 41.0. The molecule has 0 aromatic heterocycles. The molecule has 55 heavy (non-hydrogen) atoms. The van der Waals surface area contributed by atoms with Gasteiger partial charge in [-0.1, -0.05) is 141 Å². The summed E-state index contributed by atoms with van der Waals surface area (Å²) in [7, 11) is 1.15. The standard InChI is InChI=1S/C43H83N2O9P/c1-6-8-10-11-12-13-14-15-16-17-18-19-24-28-40(47)39(35-54-55(51,52)53-33-32-45(3,4)5)44-43(50)29-25-21-20-23-27-37-38(42(49)34-41(37)48)31-30-36(46)26-22-9-7-2/h20,23,30-31,36-42,46-49H,6-19,21-22,24-29,32-35H2,1-5H3,(H-,44,50,51,52)/b23-20+,31-30+/t36-,37+,38+,39-,40+,41-,42+/m0/s1. The van der Waals surface area contributed by atoms with Crippen molar-refractivity contribution < 1.29 is 48.2 Å². The van der Waals surface area contributed by atoms with E-state index in [1.165, 1.54) is 57.8 Å². The van der Waals surface area contributed by atoms with Gasteiger partial charge in [0.1, 0.15) is 13.2 Å². The molecule has 0 aliphatic heterocycles. The van der Waals surface area contributed by atoms with Crippen molar-refractivity contribution in [1.82, 2.24) is 5.32 Å². The van der Waals surface area contributed by atoms with Crippen LogP contribution in [0.2, 0.25) is 0 Å². The van der Waals surface area contributed by atoms with Crippen LogP contribution in [0, 0.1) is 11.8 Å². The largest absolute Gasteiger partial charge is 0.756 e. The molecule has 1 saturated carbocycles. The summed E-state index contributed by atoms with van der Waals surface area (Å²) in [5.74, 6) is -0.682. The molecular formula is C43H83N2O9P. The first-order valence-corrected chi connectivity index (χ1v) is 23.4. The van der Waals surface area contributed by atoms with E-state index in [1.807, 2.05) is 39.4 Å². The van der Waals surface area contributed by atoms with Crippen molar-refractivity contribution in [2.24, 2.45) is 11.8 Å². The Morgan fingerprint density at radius 2 is 1.38 bits per heavy atom. The molecule has 11 nitrogen and oxygen atoms in total. The third-order valence-electron chi connectivity index (χ3n) is 10.8. The van der Waals surface area contributed by atoms with Gasteiger partial charge in [-0.05, 0) is 38.0 Å². The van der Waals surface area contributed by atoms with Crippen LogP contribution in [0.4, 0.5) is 0 Å². The number of unbranched alkanes of at least 4 members (excludes halogenated alkanes) is 15. The van der Waals surface area contributed by atoms with Gasteiger partial charge in [0.2, 0.25) is 5.91 Å². The Morgan fingerprint density at radius 3 is 1.98 bits per heavy atom. The third-order valence-corrected chi connectivity index (χ3v) is 11.7. The van der Waals surface area contributed by atoms with Crippen LogP contribution >= 0.6 is 7.82 Å². The van der Waals surface area contributed by atoms with Crippen molar-refractivity contribution in [3.05, 3.63) is 24.3 Å². The summed E-state index contributed by atoms with van der Waals surface area (Å²) < 4.78 is 23.2. The molecule has 0 aromatic rings. The lowest BCUT2D eigenvalue weighted by atomic mass is 9.89. The van der Waals surface area contributed by atoms with Crippen LogP contribution in [-0.4, -0.2) is 102 Å². The maximum absolute atomic E-state index is 13.0. The van der Waals surface area contributed by atoms with Crippen LogP contribution in [0.1, 0.15) is 162 Å². The number of aliphatic hydroxyl groups excluding tert-OH is 4. The highest BCUT2D eigenvalue weighted by molar-refractivity contribution is 7.45. The number of nitrogens with zero attached hydrogens (tertiary/aromatic N) is 1. The molecule has 12 heteroatoms. The van der Waals surface area contributed by atoms with Crippen molar-refractivity contribution in [2.45, 2.75) is 192 Å². The summed E-state index contributed by atoms with van der Waals surface area (Å²) in [5, 5.41) is 45.2. The average molecular weight is 803 g/mol. The van der Waals surface area contributed by atoms with Crippen LogP contribution in [0.3, 0.4) is 0 Å². The van der Waals surface area contributed by atoms with Crippen molar-refractivity contribution in [1.29, 1.82) is 0 Å². The van der Waals surface area contributed by atoms with Gasteiger partial charge in [0.25, 0.3) is 7.82 Å². The highest BCUT2D eigenvalue weighted by Crippen LogP contribution is 2.39. The molecule has 0 aromatic carbocycles. The van der Waals surface area contributed by atoms with Gasteiger partial charge in [-0.2, -0.15) is 0 Å². The molecule has 5 N–H and O–H groups in total. The van der Waals surface area contributed by atoms with Crippen molar-refractivity contribution in [3.8, 4) is 0 Å². The first-order chi connectivity index (χ1) is 26.2. The number of phosphoric ester groups is 1. The number of nitrogens with one attached hydrogen (secondary N) is 1. The van der Waals surface area contributed by atoms with E-state index in [0.717, 1.165) is 44.9 Å². The van der Waals surface area contributed by atoms with Gasteiger partial charge < -0.3 is 44.2 Å². The zero-order valence-electron chi connectivity index (χ0n) is 35.5. The van der Waals surface area contributed by atoms with E-state index >= 15 is 0 Å². The minimum absolute atomic E-state index is 0.0315. The Hall–Kier alpha value is -1.14. The molecule has 1 aliphatic rings. The first-order valence-electron chi connectivity index (χ1n) is 21.9. The van der Waals surface area contributed by atoms with E-state index < -0.39 is 44.9 Å². The number of hydrogen-bond donors (Lipinski definition) is 5. The summed E-state index contributed by atoms with van der Waals surface area (Å²) in [6.07, 6.45) is 26.9. The first kappa shape index (κ1) is 51.9. The van der Waals surface area contributed by atoms with Gasteiger partial charge in [0.15, 0.2) is 0 Å². The number of carbonyl (C=O) groups excluding carboxylic acids is 1. The smallest absolute Gasteiger partial charge is 0.268 e. The van der Waals surface area contributed by atoms with E-state index in [9.17, 15) is 34.7 Å². The van der Waals surface area contributed by atoms with E-state index in [0.29, 0.717) is 49.6 Å². The fourth-order valence-corrected chi connectivity index (χ4v) is 7.87. The number of carbonyl (C=O) groups is 1. The fourth-order valence-electron chi connectivity index (χ4n) is 7.15. The number of rotatable bonds is 35. The van der Waals surface area contributed by atoms with Crippen LogP contribution in [0.25, 0.3) is 0 Å². The maximum atomic E-state index is 13.0. The SMILES string of the molecule is CCCCCCCCCCCCCCC[C@@H](O)[C@H](COP(=O)([O-])OCC[N+](C)(C)C)NC(=O)CCC/C=C/C[C@@H]1[C@@H](/C=C/[C@@H](O)CCCCC)[C@H](O)C[C@@H]1O. The predicted octanol–water partition coefficient (Wildman–Crippen LogP) is 7.49. The molecule has 0 radical (unpaired) electrons. The number of allylic oxidation sites excluding steroid dienone is 2. The summed E-state index contributed by atoms with van der Waals surface area (Å²) in [6, 6.07) is -0.893. The number of amides is 1. The van der Waals surface area contributed by atoms with E-state index in [2.05, 4.69) is 19.2 Å². The highest BCUT2D eigenvalue weighted by Gasteiger charge is 2.39. The summed E-state index contributed by atoms with van der Waals surface area (Å²) in [4.78, 5) is 25.4. The number of phosphoric acid groups is 1. The van der Waals surface area contributed by atoms with Crippen molar-refractivity contribution in [2.75, 3.05) is 40.9 Å². The molecule has 1 amide bonds. The Balaban J connectivity index is 2.56. The van der Waals surface area contributed by atoms with Gasteiger partial charge in [-0.25, -0.2) is 0 Å². The minimum atomic E-state index is -4.63. The normalized spacial score (nSPS) is 22.0. The molecule has 324 valence electrons. The summed E-state index contributed by atoms with van der Waals surface area (Å²) in [5.41, 5.74) is 0. The molecule has 0 bridgehead atoms. The Kier molecular flexibility index (Phi) is 29.1. The predicted molar refractivity (Wildman–Crippen MR) is 221 cm³/mol. The lowest BCUT2D eigenvalue weighted by Gasteiger charge is -2.30. The topological polar surface area (TPSA) is 169 Å². The zero-order valence-corrected chi connectivity index (χ0v) is 36.4. The Labute approximate surface area is 335 Å². The maximum Gasteiger partial charge on any atom is 0.268 e. The minimum Gasteiger partial charge on any atom is -0.756 e. The van der Waals surface area contributed by atoms with Crippen LogP contribution in [0.15, 0.2) is 24.3 Å². The number of likely N-dealkylation sites (N-methyl/N-ethyl adjacent to an activating group) is 1. The lowest BCUT2D eigenvalue weighted by molar-refractivity contribution is -0.870. The van der Waals surface area contributed by atoms with Crippen LogP contribution in [0.5, 0.6) is 0 Å². The molecule has 1 rings (SSSR count). The number of hydrogen-bond acceptors (Lipinski definition) is 9. The van der Waals surface area contributed by atoms with E-state index in [1.54, 1.807) is 6.08 Å². The summed E-state index contributed by atoms with van der Waals surface area (Å²) in [6.45, 7) is 4.39. The van der Waals surface area contributed by atoms with Crippen molar-refractivity contribution in [3.63, 3.8) is 0 Å². The summed E-state index contributed by atoms with van der Waals surface area (Å²) >= 11 is 0. The third kappa shape index (κ3) is 27.2. The quantitative estimate of drug-likeness (QED) is 0.0189. The lowest BCUT2D eigenvalue weighted by Crippen LogP contribution is -2.46.